The molecule has 1 aliphatic rings. The summed E-state index contributed by atoms with van der Waals surface area (Å²) in [6, 6.07) is 16.3. The summed E-state index contributed by atoms with van der Waals surface area (Å²) >= 11 is 0. The number of ketones is 1. The number of aryl methyl sites for hydroxylation is 2. The molecule has 2 aromatic carbocycles. The molecule has 1 heterocycles. The predicted octanol–water partition coefficient (Wildman–Crippen LogP) is 4.69. The lowest BCUT2D eigenvalue weighted by Gasteiger charge is -2.14. The number of aromatic nitrogens is 1. The van der Waals surface area contributed by atoms with Gasteiger partial charge in [0.2, 0.25) is 5.78 Å². The van der Waals surface area contributed by atoms with Gasteiger partial charge in [-0.2, -0.15) is 0 Å². The van der Waals surface area contributed by atoms with Gasteiger partial charge in [-0.1, -0.05) is 48.5 Å². The van der Waals surface area contributed by atoms with E-state index in [1.54, 1.807) is 0 Å². The molecule has 4 rings (SSSR count). The predicted molar refractivity (Wildman–Crippen MR) is 90.1 cm³/mol. The van der Waals surface area contributed by atoms with Crippen LogP contribution >= 0.6 is 0 Å². The maximum Gasteiger partial charge on any atom is 0.205 e. The second-order valence-electron chi connectivity index (χ2n) is 5.89. The number of carbonyl (C=O) groups is 1. The minimum atomic E-state index is 0.140. The Hall–Kier alpha value is -2.61. The van der Waals surface area contributed by atoms with E-state index in [1.165, 1.54) is 16.5 Å². The molecule has 0 fully saturated rings. The van der Waals surface area contributed by atoms with Crippen molar-refractivity contribution in [2.24, 2.45) is 0 Å². The maximum atomic E-state index is 12.8. The van der Waals surface area contributed by atoms with Crippen LogP contribution in [-0.2, 0) is 6.42 Å². The molecule has 0 bridgehead atoms. The van der Waals surface area contributed by atoms with Crippen LogP contribution in [0, 0.1) is 6.92 Å². The SMILES string of the molecule is Cc1cccc2c3c([nH]c12)C(=O)C(=Cc1ccccc1)CC3. The zero-order valence-corrected chi connectivity index (χ0v) is 12.5. The topological polar surface area (TPSA) is 32.9 Å². The van der Waals surface area contributed by atoms with E-state index in [9.17, 15) is 4.79 Å². The molecule has 1 aliphatic carbocycles. The standard InChI is InChI=1S/C20H17NO/c1-13-6-5-9-16-17-11-10-15(12-14-7-3-2-4-8-14)20(22)19(17)21-18(13)16/h2-9,12,21H,10-11H2,1H3. The molecule has 0 amide bonds. The number of allylic oxidation sites excluding steroid dienone is 1. The number of hydrogen-bond donors (Lipinski definition) is 1. The minimum absolute atomic E-state index is 0.140. The highest BCUT2D eigenvalue weighted by Gasteiger charge is 2.26. The Morgan fingerprint density at radius 2 is 1.82 bits per heavy atom. The Bertz CT molecular complexity index is 900. The van der Waals surface area contributed by atoms with Crippen LogP contribution in [0.25, 0.3) is 17.0 Å². The number of hydrogen-bond acceptors (Lipinski definition) is 1. The second kappa shape index (κ2) is 4.99. The van der Waals surface area contributed by atoms with Crippen molar-refractivity contribution in [2.45, 2.75) is 19.8 Å². The molecule has 0 saturated heterocycles. The van der Waals surface area contributed by atoms with Crippen LogP contribution in [0.15, 0.2) is 54.1 Å². The fraction of sp³-hybridized carbons (Fsp3) is 0.150. The molecule has 0 radical (unpaired) electrons. The first-order chi connectivity index (χ1) is 10.7. The highest BCUT2D eigenvalue weighted by atomic mass is 16.1. The first-order valence-corrected chi connectivity index (χ1v) is 7.64. The fourth-order valence-electron chi connectivity index (χ4n) is 3.30. The van der Waals surface area contributed by atoms with Crippen molar-refractivity contribution in [2.75, 3.05) is 0 Å². The molecule has 0 atom stereocenters. The highest BCUT2D eigenvalue weighted by molar-refractivity contribution is 6.15. The number of H-pyrrole nitrogens is 1. The van der Waals surface area contributed by atoms with Gasteiger partial charge in [-0.25, -0.2) is 0 Å². The van der Waals surface area contributed by atoms with E-state index in [4.69, 9.17) is 0 Å². The molecular weight excluding hydrogens is 270 g/mol. The van der Waals surface area contributed by atoms with Gasteiger partial charge in [-0.3, -0.25) is 4.79 Å². The maximum absolute atomic E-state index is 12.8. The van der Waals surface area contributed by atoms with E-state index in [0.717, 1.165) is 35.2 Å². The van der Waals surface area contributed by atoms with E-state index in [0.29, 0.717) is 0 Å². The van der Waals surface area contributed by atoms with E-state index in [2.05, 4.69) is 30.1 Å². The normalized spacial score (nSPS) is 16.2. The third kappa shape index (κ3) is 2.00. The number of nitrogens with one attached hydrogen (secondary N) is 1. The molecule has 108 valence electrons. The van der Waals surface area contributed by atoms with Crippen LogP contribution in [0.4, 0.5) is 0 Å². The lowest BCUT2D eigenvalue weighted by molar-refractivity contribution is 0.102. The van der Waals surface area contributed by atoms with Crippen molar-refractivity contribution in [1.82, 2.24) is 4.98 Å². The summed E-state index contributed by atoms with van der Waals surface area (Å²) in [6.07, 6.45) is 3.74. The molecule has 22 heavy (non-hydrogen) atoms. The Balaban J connectivity index is 1.82. The van der Waals surface area contributed by atoms with Gasteiger partial charge < -0.3 is 4.98 Å². The van der Waals surface area contributed by atoms with Crippen molar-refractivity contribution < 1.29 is 4.79 Å². The van der Waals surface area contributed by atoms with E-state index < -0.39 is 0 Å². The van der Waals surface area contributed by atoms with Crippen molar-refractivity contribution in [3.63, 3.8) is 0 Å². The first-order valence-electron chi connectivity index (χ1n) is 7.64. The minimum Gasteiger partial charge on any atom is -0.351 e. The van der Waals surface area contributed by atoms with Crippen LogP contribution in [-0.4, -0.2) is 10.8 Å². The zero-order valence-electron chi connectivity index (χ0n) is 12.5. The molecule has 1 aromatic heterocycles. The Labute approximate surface area is 129 Å². The Morgan fingerprint density at radius 1 is 1.00 bits per heavy atom. The van der Waals surface area contributed by atoms with E-state index in [-0.39, 0.29) is 5.78 Å². The number of Topliss-reactive ketones (excluding diaryl/α,β-unsaturated/α-hetero) is 1. The zero-order chi connectivity index (χ0) is 15.1. The number of para-hydroxylation sites is 1. The smallest absolute Gasteiger partial charge is 0.205 e. The van der Waals surface area contributed by atoms with Crippen molar-refractivity contribution in [3.8, 4) is 0 Å². The molecule has 0 unspecified atom stereocenters. The van der Waals surface area contributed by atoms with Gasteiger partial charge >= 0.3 is 0 Å². The lowest BCUT2D eigenvalue weighted by atomic mass is 9.89. The third-order valence-corrected chi connectivity index (χ3v) is 4.45. The quantitative estimate of drug-likeness (QED) is 0.647. The van der Waals surface area contributed by atoms with E-state index in [1.807, 2.05) is 36.4 Å². The van der Waals surface area contributed by atoms with Crippen LogP contribution in [0.2, 0.25) is 0 Å². The van der Waals surface area contributed by atoms with E-state index >= 15 is 0 Å². The van der Waals surface area contributed by atoms with Gasteiger partial charge in [0.15, 0.2) is 0 Å². The molecule has 0 saturated carbocycles. The van der Waals surface area contributed by atoms with Crippen molar-refractivity contribution >= 4 is 22.8 Å². The van der Waals surface area contributed by atoms with Gasteiger partial charge in [-0.15, -0.1) is 0 Å². The second-order valence-corrected chi connectivity index (χ2v) is 5.89. The Kier molecular flexibility index (Phi) is 2.97. The Morgan fingerprint density at radius 3 is 2.64 bits per heavy atom. The molecule has 1 N–H and O–H groups in total. The number of aromatic amines is 1. The average molecular weight is 287 g/mol. The molecule has 2 heteroatoms. The summed E-state index contributed by atoms with van der Waals surface area (Å²) in [4.78, 5) is 16.2. The molecule has 2 nitrogen and oxygen atoms in total. The number of rotatable bonds is 1. The monoisotopic (exact) mass is 287 g/mol. The molecule has 0 aliphatic heterocycles. The van der Waals surface area contributed by atoms with Gasteiger partial charge in [0.1, 0.15) is 0 Å². The first kappa shape index (κ1) is 13.1. The van der Waals surface area contributed by atoms with Gasteiger partial charge in [-0.05, 0) is 42.5 Å². The number of benzene rings is 2. The highest BCUT2D eigenvalue weighted by Crippen LogP contribution is 2.33. The molecule has 3 aromatic rings. The van der Waals surface area contributed by atoms with Crippen LogP contribution in [0.1, 0.15) is 33.6 Å². The third-order valence-electron chi connectivity index (χ3n) is 4.45. The van der Waals surface area contributed by atoms with Crippen molar-refractivity contribution in [1.29, 1.82) is 0 Å². The number of carbonyl (C=O) groups excluding carboxylic acids is 1. The van der Waals surface area contributed by atoms with Gasteiger partial charge in [0, 0.05) is 16.5 Å². The van der Waals surface area contributed by atoms with Crippen LogP contribution in [0.3, 0.4) is 0 Å². The largest absolute Gasteiger partial charge is 0.351 e. The van der Waals surface area contributed by atoms with Gasteiger partial charge in [0.25, 0.3) is 0 Å². The number of fused-ring (bicyclic) bond motifs is 3. The van der Waals surface area contributed by atoms with Crippen LogP contribution in [0.5, 0.6) is 0 Å². The lowest BCUT2D eigenvalue weighted by Crippen LogP contribution is -2.13. The van der Waals surface area contributed by atoms with Gasteiger partial charge in [0.05, 0.1) is 5.69 Å². The summed E-state index contributed by atoms with van der Waals surface area (Å²) in [5.41, 5.74) is 6.21. The molecule has 0 spiro atoms. The summed E-state index contributed by atoms with van der Waals surface area (Å²) in [6.45, 7) is 2.08. The molecular formula is C20H17NO. The summed E-state index contributed by atoms with van der Waals surface area (Å²) in [5, 5.41) is 1.20. The van der Waals surface area contributed by atoms with Crippen molar-refractivity contribution in [3.05, 3.63) is 76.5 Å². The summed E-state index contributed by atoms with van der Waals surface area (Å²) in [5.74, 6) is 0.140. The summed E-state index contributed by atoms with van der Waals surface area (Å²) < 4.78 is 0. The average Bonchev–Trinajstić information content (AvgIpc) is 2.92. The fourth-order valence-corrected chi connectivity index (χ4v) is 3.30. The summed E-state index contributed by atoms with van der Waals surface area (Å²) in [7, 11) is 0. The van der Waals surface area contributed by atoms with Crippen LogP contribution < -0.4 is 0 Å².